The second-order valence-electron chi connectivity index (χ2n) is 4.56. The first-order chi connectivity index (χ1) is 11.2. The Labute approximate surface area is 134 Å². The SMILES string of the molecule is CCOc1cccc(/C=N\NC(=O)c2ccc(O)cc2)c1OC. The lowest BCUT2D eigenvalue weighted by Gasteiger charge is -2.11. The molecule has 0 unspecified atom stereocenters. The van der Waals surface area contributed by atoms with Crippen LogP contribution in [0.2, 0.25) is 0 Å². The number of nitrogens with one attached hydrogen (secondary N) is 1. The molecule has 0 aliphatic rings. The van der Waals surface area contributed by atoms with Gasteiger partial charge in [0.2, 0.25) is 0 Å². The normalized spacial score (nSPS) is 10.5. The van der Waals surface area contributed by atoms with Crippen LogP contribution in [0.15, 0.2) is 47.6 Å². The molecule has 0 aromatic heterocycles. The summed E-state index contributed by atoms with van der Waals surface area (Å²) in [6.45, 7) is 2.41. The fraction of sp³-hybridized carbons (Fsp3) is 0.176. The highest BCUT2D eigenvalue weighted by molar-refractivity contribution is 5.95. The smallest absolute Gasteiger partial charge is 0.271 e. The summed E-state index contributed by atoms with van der Waals surface area (Å²) in [6.07, 6.45) is 1.49. The number of phenolic OH excluding ortho intramolecular Hbond substituents is 1. The van der Waals surface area contributed by atoms with Crippen LogP contribution in [0, 0.1) is 0 Å². The zero-order valence-electron chi connectivity index (χ0n) is 12.9. The maximum Gasteiger partial charge on any atom is 0.271 e. The monoisotopic (exact) mass is 314 g/mol. The van der Waals surface area contributed by atoms with E-state index < -0.39 is 0 Å². The van der Waals surface area contributed by atoms with Crippen molar-refractivity contribution >= 4 is 12.1 Å². The van der Waals surface area contributed by atoms with Crippen molar-refractivity contribution in [2.75, 3.05) is 13.7 Å². The lowest BCUT2D eigenvalue weighted by atomic mass is 10.2. The minimum Gasteiger partial charge on any atom is -0.508 e. The summed E-state index contributed by atoms with van der Waals surface area (Å²) in [5.74, 6) is 0.893. The minimum absolute atomic E-state index is 0.0996. The molecular weight excluding hydrogens is 296 g/mol. The summed E-state index contributed by atoms with van der Waals surface area (Å²) >= 11 is 0. The van der Waals surface area contributed by atoms with E-state index in [2.05, 4.69) is 10.5 Å². The number of para-hydroxylation sites is 1. The van der Waals surface area contributed by atoms with Crippen LogP contribution >= 0.6 is 0 Å². The number of amides is 1. The number of hydrazone groups is 1. The Morgan fingerprint density at radius 3 is 2.65 bits per heavy atom. The average molecular weight is 314 g/mol. The molecule has 0 radical (unpaired) electrons. The lowest BCUT2D eigenvalue weighted by Crippen LogP contribution is -2.17. The average Bonchev–Trinajstić information content (AvgIpc) is 2.56. The quantitative estimate of drug-likeness (QED) is 0.634. The van der Waals surface area contributed by atoms with Gasteiger partial charge in [-0.3, -0.25) is 4.79 Å². The minimum atomic E-state index is -0.374. The zero-order valence-corrected chi connectivity index (χ0v) is 12.9. The molecule has 0 spiro atoms. The number of carbonyl (C=O) groups excluding carboxylic acids is 1. The number of carbonyl (C=O) groups is 1. The summed E-state index contributed by atoms with van der Waals surface area (Å²) in [7, 11) is 1.55. The van der Waals surface area contributed by atoms with Crippen molar-refractivity contribution in [3.05, 3.63) is 53.6 Å². The van der Waals surface area contributed by atoms with Crippen molar-refractivity contribution in [3.8, 4) is 17.2 Å². The van der Waals surface area contributed by atoms with Gasteiger partial charge in [-0.05, 0) is 43.3 Å². The van der Waals surface area contributed by atoms with E-state index in [0.717, 1.165) is 0 Å². The van der Waals surface area contributed by atoms with Gasteiger partial charge >= 0.3 is 0 Å². The molecule has 0 heterocycles. The number of ether oxygens (including phenoxy) is 2. The van der Waals surface area contributed by atoms with Gasteiger partial charge in [0.25, 0.3) is 5.91 Å². The molecule has 0 saturated heterocycles. The largest absolute Gasteiger partial charge is 0.508 e. The molecule has 2 rings (SSSR count). The standard InChI is InChI=1S/C17H18N2O4/c1-3-23-15-6-4-5-13(16(15)22-2)11-18-19-17(21)12-7-9-14(20)10-8-12/h4-11,20H,3H2,1-2H3,(H,19,21)/b18-11-. The second kappa shape index (κ2) is 7.84. The number of hydrogen-bond donors (Lipinski definition) is 2. The van der Waals surface area contributed by atoms with Crippen molar-refractivity contribution in [3.63, 3.8) is 0 Å². The van der Waals surface area contributed by atoms with Crippen LogP contribution in [0.3, 0.4) is 0 Å². The molecule has 2 aromatic rings. The van der Waals surface area contributed by atoms with E-state index in [1.807, 2.05) is 13.0 Å². The number of rotatable bonds is 6. The van der Waals surface area contributed by atoms with Crippen LogP contribution in [0.25, 0.3) is 0 Å². The summed E-state index contributed by atoms with van der Waals surface area (Å²) in [4.78, 5) is 11.9. The highest BCUT2D eigenvalue weighted by atomic mass is 16.5. The molecule has 6 nitrogen and oxygen atoms in total. The van der Waals surface area contributed by atoms with Gasteiger partial charge in [0.15, 0.2) is 11.5 Å². The van der Waals surface area contributed by atoms with E-state index in [-0.39, 0.29) is 11.7 Å². The molecule has 120 valence electrons. The van der Waals surface area contributed by atoms with Crippen molar-refractivity contribution in [2.45, 2.75) is 6.92 Å². The van der Waals surface area contributed by atoms with Crippen molar-refractivity contribution in [1.29, 1.82) is 0 Å². The van der Waals surface area contributed by atoms with Crippen molar-refractivity contribution in [1.82, 2.24) is 5.43 Å². The van der Waals surface area contributed by atoms with Crippen molar-refractivity contribution in [2.24, 2.45) is 5.10 Å². The Morgan fingerprint density at radius 1 is 1.26 bits per heavy atom. The Bertz CT molecular complexity index is 696. The molecule has 0 atom stereocenters. The van der Waals surface area contributed by atoms with E-state index in [9.17, 15) is 9.90 Å². The third-order valence-corrected chi connectivity index (χ3v) is 3.01. The molecule has 23 heavy (non-hydrogen) atoms. The fourth-order valence-electron chi connectivity index (χ4n) is 1.96. The number of phenols is 1. The van der Waals surface area contributed by atoms with E-state index in [4.69, 9.17) is 9.47 Å². The Balaban J connectivity index is 2.09. The third-order valence-electron chi connectivity index (χ3n) is 3.01. The summed E-state index contributed by atoms with van der Waals surface area (Å²) < 4.78 is 10.8. The van der Waals surface area contributed by atoms with Gasteiger partial charge in [-0.1, -0.05) is 6.07 Å². The Hall–Kier alpha value is -3.02. The van der Waals surface area contributed by atoms with Crippen LogP contribution in [-0.2, 0) is 0 Å². The van der Waals surface area contributed by atoms with Gasteiger partial charge in [0, 0.05) is 11.1 Å². The molecule has 6 heteroatoms. The molecule has 0 aliphatic heterocycles. The van der Waals surface area contributed by atoms with Crippen LogP contribution in [0.4, 0.5) is 0 Å². The number of nitrogens with zero attached hydrogens (tertiary/aromatic N) is 1. The number of hydrogen-bond acceptors (Lipinski definition) is 5. The zero-order chi connectivity index (χ0) is 16.7. The molecule has 0 fully saturated rings. The van der Waals surface area contributed by atoms with Gasteiger partial charge < -0.3 is 14.6 Å². The molecule has 0 saturated carbocycles. The van der Waals surface area contributed by atoms with Gasteiger partial charge in [0.1, 0.15) is 5.75 Å². The molecule has 0 bridgehead atoms. The molecule has 2 N–H and O–H groups in total. The Morgan fingerprint density at radius 2 is 2.00 bits per heavy atom. The Kier molecular flexibility index (Phi) is 5.57. The number of methoxy groups -OCH3 is 1. The molecule has 0 aliphatic carbocycles. The van der Waals surface area contributed by atoms with E-state index >= 15 is 0 Å². The van der Waals surface area contributed by atoms with Gasteiger partial charge in [-0.25, -0.2) is 5.43 Å². The molecule has 1 amide bonds. The lowest BCUT2D eigenvalue weighted by molar-refractivity contribution is 0.0955. The predicted octanol–water partition coefficient (Wildman–Crippen LogP) is 2.56. The predicted molar refractivity (Wildman–Crippen MR) is 87.3 cm³/mol. The maximum absolute atomic E-state index is 11.9. The van der Waals surface area contributed by atoms with Gasteiger partial charge in [0.05, 0.1) is 19.9 Å². The van der Waals surface area contributed by atoms with Gasteiger partial charge in [-0.15, -0.1) is 0 Å². The highest BCUT2D eigenvalue weighted by Gasteiger charge is 2.08. The maximum atomic E-state index is 11.9. The van der Waals surface area contributed by atoms with Crippen LogP contribution in [0.5, 0.6) is 17.2 Å². The first-order valence-electron chi connectivity index (χ1n) is 7.08. The van der Waals surface area contributed by atoms with Crippen molar-refractivity contribution < 1.29 is 19.4 Å². The molecule has 2 aromatic carbocycles. The second-order valence-corrected chi connectivity index (χ2v) is 4.56. The third kappa shape index (κ3) is 4.23. The number of aromatic hydroxyl groups is 1. The van der Waals surface area contributed by atoms with E-state index in [1.165, 1.54) is 30.5 Å². The van der Waals surface area contributed by atoms with Crippen LogP contribution in [0.1, 0.15) is 22.8 Å². The topological polar surface area (TPSA) is 80.2 Å². The van der Waals surface area contributed by atoms with Gasteiger partial charge in [-0.2, -0.15) is 5.10 Å². The number of benzene rings is 2. The summed E-state index contributed by atoms with van der Waals surface area (Å²) in [5, 5.41) is 13.1. The first kappa shape index (κ1) is 16.4. The summed E-state index contributed by atoms with van der Waals surface area (Å²) in [5.41, 5.74) is 3.50. The highest BCUT2D eigenvalue weighted by Crippen LogP contribution is 2.29. The van der Waals surface area contributed by atoms with E-state index in [1.54, 1.807) is 19.2 Å². The fourth-order valence-corrected chi connectivity index (χ4v) is 1.96. The first-order valence-corrected chi connectivity index (χ1v) is 7.08. The van der Waals surface area contributed by atoms with E-state index in [0.29, 0.717) is 29.2 Å². The van der Waals surface area contributed by atoms with Crippen LogP contribution < -0.4 is 14.9 Å². The molecular formula is C17H18N2O4. The summed E-state index contributed by atoms with van der Waals surface area (Å²) in [6, 6.07) is 11.3. The van der Waals surface area contributed by atoms with Crippen LogP contribution in [-0.4, -0.2) is 30.9 Å².